The van der Waals surface area contributed by atoms with E-state index in [1.807, 2.05) is 32.2 Å². The lowest BCUT2D eigenvalue weighted by Gasteiger charge is -2.39. The number of nitrogens with zero attached hydrogens (tertiary/aromatic N) is 8. The van der Waals surface area contributed by atoms with Gasteiger partial charge in [-0.1, -0.05) is 0 Å². The number of likely N-dealkylation sites (N-methyl/N-ethyl adjacent to an activating group) is 1. The Balaban J connectivity index is 1.58. The summed E-state index contributed by atoms with van der Waals surface area (Å²) in [4.78, 5) is 26.7. The SMILES string of the molecule is Cc1nc2ccc(-c3cc(=O)n4cc(N5CCN(C)[C@H](C)C5)cc(C)c4n3)nn2n1. The van der Waals surface area contributed by atoms with Gasteiger partial charge in [0.1, 0.15) is 17.2 Å². The quantitative estimate of drug-likeness (QED) is 0.501. The molecule has 0 aromatic carbocycles. The topological polar surface area (TPSA) is 83.9 Å². The Hall–Kier alpha value is -3.33. The maximum atomic E-state index is 13.0. The number of rotatable bonds is 2. The lowest BCUT2D eigenvalue weighted by atomic mass is 10.1. The molecule has 9 nitrogen and oxygen atoms in total. The fourth-order valence-corrected chi connectivity index (χ4v) is 3.96. The second-order valence-electron chi connectivity index (χ2n) is 8.06. The van der Waals surface area contributed by atoms with Crippen LogP contribution < -0.4 is 10.5 Å². The van der Waals surface area contributed by atoms with Gasteiger partial charge in [-0.3, -0.25) is 9.20 Å². The summed E-state index contributed by atoms with van der Waals surface area (Å²) in [6, 6.07) is 7.75. The monoisotopic (exact) mass is 404 g/mol. The van der Waals surface area contributed by atoms with E-state index in [1.54, 1.807) is 4.40 Å². The maximum absolute atomic E-state index is 13.0. The van der Waals surface area contributed by atoms with Gasteiger partial charge in [0.2, 0.25) is 0 Å². The van der Waals surface area contributed by atoms with Gasteiger partial charge < -0.3 is 9.80 Å². The molecule has 5 heterocycles. The first-order valence-electron chi connectivity index (χ1n) is 10.1. The highest BCUT2D eigenvalue weighted by Crippen LogP contribution is 2.22. The fraction of sp³-hybridized carbons (Fsp3) is 0.381. The van der Waals surface area contributed by atoms with E-state index in [-0.39, 0.29) is 5.56 Å². The van der Waals surface area contributed by atoms with Gasteiger partial charge in [0.25, 0.3) is 5.56 Å². The summed E-state index contributed by atoms with van der Waals surface area (Å²) in [6.07, 6.45) is 1.90. The highest BCUT2D eigenvalue weighted by atomic mass is 16.1. The predicted octanol–water partition coefficient (Wildman–Crippen LogP) is 1.56. The zero-order valence-corrected chi connectivity index (χ0v) is 17.6. The van der Waals surface area contributed by atoms with E-state index in [0.29, 0.717) is 34.5 Å². The Morgan fingerprint density at radius 2 is 1.87 bits per heavy atom. The molecule has 0 amide bonds. The van der Waals surface area contributed by atoms with Gasteiger partial charge in [0.15, 0.2) is 5.65 Å². The highest BCUT2D eigenvalue weighted by molar-refractivity contribution is 5.63. The number of anilines is 1. The highest BCUT2D eigenvalue weighted by Gasteiger charge is 2.22. The first-order chi connectivity index (χ1) is 14.4. The molecule has 1 aliphatic rings. The van der Waals surface area contributed by atoms with Crippen molar-refractivity contribution in [2.24, 2.45) is 0 Å². The summed E-state index contributed by atoms with van der Waals surface area (Å²) in [5.41, 5.74) is 4.29. The number of fused-ring (bicyclic) bond motifs is 2. The van der Waals surface area contributed by atoms with Crippen LogP contribution >= 0.6 is 0 Å². The summed E-state index contributed by atoms with van der Waals surface area (Å²) >= 11 is 0. The van der Waals surface area contributed by atoms with Crippen molar-refractivity contribution in [2.45, 2.75) is 26.8 Å². The largest absolute Gasteiger partial charge is 0.367 e. The number of aromatic nitrogens is 6. The summed E-state index contributed by atoms with van der Waals surface area (Å²) < 4.78 is 3.11. The maximum Gasteiger partial charge on any atom is 0.258 e. The molecule has 0 spiro atoms. The molecule has 1 atom stereocenters. The first kappa shape index (κ1) is 18.7. The number of pyridine rings is 1. The predicted molar refractivity (Wildman–Crippen MR) is 115 cm³/mol. The van der Waals surface area contributed by atoms with E-state index < -0.39 is 0 Å². The van der Waals surface area contributed by atoms with Crippen LogP contribution in [0.4, 0.5) is 5.69 Å². The van der Waals surface area contributed by atoms with Crippen LogP contribution in [0.2, 0.25) is 0 Å². The molecule has 30 heavy (non-hydrogen) atoms. The van der Waals surface area contributed by atoms with Crippen LogP contribution in [-0.4, -0.2) is 66.8 Å². The Labute approximate surface area is 173 Å². The summed E-state index contributed by atoms with van der Waals surface area (Å²) in [5.74, 6) is 0.646. The van der Waals surface area contributed by atoms with Gasteiger partial charge in [0, 0.05) is 37.9 Å². The third kappa shape index (κ3) is 3.11. The molecular weight excluding hydrogens is 380 g/mol. The van der Waals surface area contributed by atoms with E-state index in [4.69, 9.17) is 4.98 Å². The van der Waals surface area contributed by atoms with E-state index in [9.17, 15) is 4.79 Å². The smallest absolute Gasteiger partial charge is 0.258 e. The average Bonchev–Trinajstić information content (AvgIpc) is 3.09. The van der Waals surface area contributed by atoms with Crippen molar-refractivity contribution in [3.8, 4) is 11.4 Å². The molecule has 1 aliphatic heterocycles. The molecule has 0 radical (unpaired) electrons. The minimum atomic E-state index is -0.126. The van der Waals surface area contributed by atoms with Crippen molar-refractivity contribution in [1.82, 2.24) is 34.1 Å². The van der Waals surface area contributed by atoms with Crippen LogP contribution in [0.3, 0.4) is 0 Å². The second kappa shape index (κ2) is 6.88. The Bertz CT molecular complexity index is 1320. The lowest BCUT2D eigenvalue weighted by Crippen LogP contribution is -2.50. The molecular formula is C21H24N8O. The first-order valence-corrected chi connectivity index (χ1v) is 10.1. The van der Waals surface area contributed by atoms with Crippen molar-refractivity contribution in [3.63, 3.8) is 0 Å². The second-order valence-corrected chi connectivity index (χ2v) is 8.06. The van der Waals surface area contributed by atoms with Crippen LogP contribution in [0.15, 0.2) is 35.3 Å². The molecule has 0 aliphatic carbocycles. The average molecular weight is 404 g/mol. The van der Waals surface area contributed by atoms with Crippen molar-refractivity contribution in [3.05, 3.63) is 52.2 Å². The van der Waals surface area contributed by atoms with Crippen LogP contribution in [0.5, 0.6) is 0 Å². The molecule has 0 saturated carbocycles. The van der Waals surface area contributed by atoms with Gasteiger partial charge in [-0.05, 0) is 51.6 Å². The van der Waals surface area contributed by atoms with Gasteiger partial charge in [-0.25, -0.2) is 9.97 Å². The van der Waals surface area contributed by atoms with E-state index in [1.165, 1.54) is 10.7 Å². The number of hydrogen-bond donors (Lipinski definition) is 0. The Morgan fingerprint density at radius 3 is 2.67 bits per heavy atom. The molecule has 0 bridgehead atoms. The third-order valence-corrected chi connectivity index (χ3v) is 5.83. The van der Waals surface area contributed by atoms with E-state index in [0.717, 1.165) is 30.9 Å². The van der Waals surface area contributed by atoms with Gasteiger partial charge in [-0.15, -0.1) is 14.8 Å². The molecule has 9 heteroatoms. The molecule has 5 rings (SSSR count). The van der Waals surface area contributed by atoms with Crippen molar-refractivity contribution in [1.29, 1.82) is 0 Å². The Morgan fingerprint density at radius 1 is 1.03 bits per heavy atom. The number of piperazine rings is 1. The van der Waals surface area contributed by atoms with Crippen LogP contribution in [0.25, 0.3) is 22.7 Å². The van der Waals surface area contributed by atoms with Gasteiger partial charge in [-0.2, -0.15) is 0 Å². The van der Waals surface area contributed by atoms with Crippen molar-refractivity contribution < 1.29 is 0 Å². The third-order valence-electron chi connectivity index (χ3n) is 5.83. The molecule has 4 aromatic rings. The van der Waals surface area contributed by atoms with Gasteiger partial charge >= 0.3 is 0 Å². The molecule has 4 aromatic heterocycles. The summed E-state index contributed by atoms with van der Waals surface area (Å²) in [6.45, 7) is 8.90. The molecule has 0 unspecified atom stereocenters. The van der Waals surface area contributed by atoms with E-state index in [2.05, 4.69) is 45.0 Å². The molecule has 1 fully saturated rings. The summed E-state index contributed by atoms with van der Waals surface area (Å²) in [7, 11) is 2.15. The zero-order chi connectivity index (χ0) is 21.0. The normalized spacial score (nSPS) is 17.9. The molecule has 154 valence electrons. The number of aryl methyl sites for hydroxylation is 2. The fourth-order valence-electron chi connectivity index (χ4n) is 3.96. The van der Waals surface area contributed by atoms with Crippen LogP contribution in [-0.2, 0) is 0 Å². The minimum Gasteiger partial charge on any atom is -0.367 e. The standard InChI is InChI=1S/C21H24N8O/c1-13-9-16(27-8-7-26(4)14(2)11-27)12-28-20(30)10-18(23-21(13)28)17-5-6-19-22-15(3)24-29(19)25-17/h5-6,9-10,12,14H,7-8,11H2,1-4H3/t14-/m1/s1. The van der Waals surface area contributed by atoms with Crippen molar-refractivity contribution in [2.75, 3.05) is 31.6 Å². The van der Waals surface area contributed by atoms with Crippen LogP contribution in [0, 0.1) is 13.8 Å². The van der Waals surface area contributed by atoms with Gasteiger partial charge in [0.05, 0.1) is 11.4 Å². The van der Waals surface area contributed by atoms with Crippen LogP contribution in [0.1, 0.15) is 18.3 Å². The van der Waals surface area contributed by atoms with E-state index >= 15 is 0 Å². The lowest BCUT2D eigenvalue weighted by molar-refractivity contribution is 0.234. The minimum absolute atomic E-state index is 0.126. The zero-order valence-electron chi connectivity index (χ0n) is 17.6. The summed E-state index contributed by atoms with van der Waals surface area (Å²) in [5, 5.41) is 8.72. The van der Waals surface area contributed by atoms with Crippen molar-refractivity contribution >= 4 is 17.0 Å². The molecule has 1 saturated heterocycles. The number of hydrogen-bond acceptors (Lipinski definition) is 7. The Kier molecular flexibility index (Phi) is 4.28. The molecule has 0 N–H and O–H groups in total.